The van der Waals surface area contributed by atoms with E-state index in [0.29, 0.717) is 35.5 Å². The van der Waals surface area contributed by atoms with E-state index in [2.05, 4.69) is 15.5 Å². The first kappa shape index (κ1) is 26.3. The standard InChI is InChI=1S/C20H30ClN3O3.2ClH/c1-26-13-10-23-20(25)15-2-3-19(18(21)14-15)27-17-6-11-24(12-7-17)16-4-8-22-9-5-16;;/h2-3,14,16-17,22H,4-13H2,1H3,(H,23,25);2*1H. The van der Waals surface area contributed by atoms with E-state index in [1.54, 1.807) is 25.3 Å². The predicted octanol–water partition coefficient (Wildman–Crippen LogP) is 3.16. The van der Waals surface area contributed by atoms with Crippen LogP contribution in [0, 0.1) is 0 Å². The maximum Gasteiger partial charge on any atom is 0.251 e. The molecule has 0 bridgehead atoms. The molecule has 1 amide bonds. The van der Waals surface area contributed by atoms with Crippen LogP contribution >= 0.6 is 36.4 Å². The lowest BCUT2D eigenvalue weighted by Gasteiger charge is -2.39. The summed E-state index contributed by atoms with van der Waals surface area (Å²) >= 11 is 6.36. The first-order valence-electron chi connectivity index (χ1n) is 9.85. The molecule has 0 aliphatic carbocycles. The summed E-state index contributed by atoms with van der Waals surface area (Å²) in [4.78, 5) is 14.7. The number of hydrogen-bond acceptors (Lipinski definition) is 5. The number of methoxy groups -OCH3 is 1. The Kier molecular flexibility index (Phi) is 12.3. The SMILES string of the molecule is COCCNC(=O)c1ccc(OC2CCN(C3CCNCC3)CC2)c(Cl)c1.Cl.Cl. The highest BCUT2D eigenvalue weighted by Crippen LogP contribution is 2.29. The summed E-state index contributed by atoms with van der Waals surface area (Å²) in [5.41, 5.74) is 0.532. The van der Waals surface area contributed by atoms with Crippen LogP contribution in [0.2, 0.25) is 5.02 Å². The summed E-state index contributed by atoms with van der Waals surface area (Å²) in [7, 11) is 1.60. The molecule has 2 aliphatic rings. The number of likely N-dealkylation sites (tertiary alicyclic amines) is 1. The lowest BCUT2D eigenvalue weighted by Crippen LogP contribution is -2.48. The normalized spacial score (nSPS) is 18.4. The Morgan fingerprint density at radius 1 is 1.21 bits per heavy atom. The summed E-state index contributed by atoms with van der Waals surface area (Å²) in [5.74, 6) is 0.501. The Morgan fingerprint density at radius 2 is 1.90 bits per heavy atom. The number of ether oxygens (including phenoxy) is 2. The molecule has 9 heteroatoms. The number of carbonyl (C=O) groups excluding carboxylic acids is 1. The average Bonchev–Trinajstić information content (AvgIpc) is 2.71. The molecule has 2 heterocycles. The summed E-state index contributed by atoms with van der Waals surface area (Å²) in [6, 6.07) is 5.94. The molecule has 0 atom stereocenters. The van der Waals surface area contributed by atoms with E-state index in [0.717, 1.165) is 39.0 Å². The van der Waals surface area contributed by atoms with Crippen LogP contribution in [0.15, 0.2) is 18.2 Å². The molecule has 2 saturated heterocycles. The number of rotatable bonds is 7. The van der Waals surface area contributed by atoms with Gasteiger partial charge in [0.15, 0.2) is 0 Å². The van der Waals surface area contributed by atoms with Crippen molar-refractivity contribution in [3.8, 4) is 5.75 Å². The van der Waals surface area contributed by atoms with Gasteiger partial charge in [-0.3, -0.25) is 4.79 Å². The number of hydrogen-bond donors (Lipinski definition) is 2. The molecule has 2 N–H and O–H groups in total. The fourth-order valence-electron chi connectivity index (χ4n) is 3.82. The van der Waals surface area contributed by atoms with E-state index in [1.165, 1.54) is 12.8 Å². The van der Waals surface area contributed by atoms with E-state index >= 15 is 0 Å². The number of halogens is 3. The number of benzene rings is 1. The molecular weight excluding hydrogens is 437 g/mol. The van der Waals surface area contributed by atoms with E-state index in [4.69, 9.17) is 21.1 Å². The molecule has 2 aliphatic heterocycles. The van der Waals surface area contributed by atoms with Crippen LogP contribution < -0.4 is 15.4 Å². The lowest BCUT2D eigenvalue weighted by molar-refractivity contribution is 0.0654. The monoisotopic (exact) mass is 467 g/mol. The third-order valence-corrected chi connectivity index (χ3v) is 5.68. The second kappa shape index (κ2) is 13.5. The van der Waals surface area contributed by atoms with Crippen molar-refractivity contribution in [1.29, 1.82) is 0 Å². The molecule has 0 aromatic heterocycles. The maximum absolute atomic E-state index is 12.1. The Labute approximate surface area is 190 Å². The van der Waals surface area contributed by atoms with Gasteiger partial charge in [0.2, 0.25) is 0 Å². The van der Waals surface area contributed by atoms with Crippen molar-refractivity contribution in [3.05, 3.63) is 28.8 Å². The molecule has 0 radical (unpaired) electrons. The maximum atomic E-state index is 12.1. The molecule has 2 fully saturated rings. The first-order chi connectivity index (χ1) is 13.2. The van der Waals surface area contributed by atoms with Gasteiger partial charge in [-0.1, -0.05) is 11.6 Å². The van der Waals surface area contributed by atoms with Crippen molar-refractivity contribution in [1.82, 2.24) is 15.5 Å². The van der Waals surface area contributed by atoms with Crippen LogP contribution in [0.25, 0.3) is 0 Å². The molecule has 29 heavy (non-hydrogen) atoms. The van der Waals surface area contributed by atoms with Gasteiger partial charge in [-0.15, -0.1) is 24.8 Å². The van der Waals surface area contributed by atoms with Crippen molar-refractivity contribution in [2.24, 2.45) is 0 Å². The second-order valence-electron chi connectivity index (χ2n) is 7.23. The van der Waals surface area contributed by atoms with Crippen molar-refractivity contribution in [3.63, 3.8) is 0 Å². The minimum absolute atomic E-state index is 0. The Morgan fingerprint density at radius 3 is 2.52 bits per heavy atom. The average molecular weight is 469 g/mol. The van der Waals surface area contributed by atoms with Crippen LogP contribution in [0.1, 0.15) is 36.0 Å². The third-order valence-electron chi connectivity index (χ3n) is 5.38. The van der Waals surface area contributed by atoms with Gasteiger partial charge in [0, 0.05) is 38.3 Å². The highest BCUT2D eigenvalue weighted by atomic mass is 35.5. The fraction of sp³-hybridized carbons (Fsp3) is 0.650. The van der Waals surface area contributed by atoms with E-state index in [9.17, 15) is 4.79 Å². The Balaban J connectivity index is 0.00000210. The largest absolute Gasteiger partial charge is 0.489 e. The number of nitrogens with one attached hydrogen (secondary N) is 2. The second-order valence-corrected chi connectivity index (χ2v) is 7.64. The topological polar surface area (TPSA) is 62.8 Å². The molecule has 1 aromatic rings. The minimum atomic E-state index is -0.157. The number of nitrogens with zero attached hydrogens (tertiary/aromatic N) is 1. The third kappa shape index (κ3) is 7.78. The minimum Gasteiger partial charge on any atom is -0.489 e. The first-order valence-corrected chi connectivity index (χ1v) is 10.2. The van der Waals surface area contributed by atoms with Gasteiger partial charge in [-0.05, 0) is 57.0 Å². The summed E-state index contributed by atoms with van der Waals surface area (Å²) in [6.45, 7) is 5.36. The van der Waals surface area contributed by atoms with Gasteiger partial charge in [-0.25, -0.2) is 0 Å². The summed E-state index contributed by atoms with van der Waals surface area (Å²) in [6.07, 6.45) is 4.69. The van der Waals surface area contributed by atoms with Crippen molar-refractivity contribution in [2.45, 2.75) is 37.8 Å². The molecule has 0 unspecified atom stereocenters. The lowest BCUT2D eigenvalue weighted by atomic mass is 10.00. The quantitative estimate of drug-likeness (QED) is 0.602. The molecule has 0 spiro atoms. The van der Waals surface area contributed by atoms with E-state index < -0.39 is 0 Å². The van der Waals surface area contributed by atoms with Gasteiger partial charge in [-0.2, -0.15) is 0 Å². The van der Waals surface area contributed by atoms with Crippen molar-refractivity contribution in [2.75, 3.05) is 46.4 Å². The van der Waals surface area contributed by atoms with Crippen LogP contribution in [-0.4, -0.2) is 69.4 Å². The highest BCUT2D eigenvalue weighted by molar-refractivity contribution is 6.32. The van der Waals surface area contributed by atoms with Gasteiger partial charge in [0.05, 0.1) is 11.6 Å². The summed E-state index contributed by atoms with van der Waals surface area (Å²) in [5, 5.41) is 6.70. The van der Waals surface area contributed by atoms with Crippen molar-refractivity contribution >= 4 is 42.3 Å². The zero-order valence-electron chi connectivity index (χ0n) is 16.8. The van der Waals surface area contributed by atoms with Crippen LogP contribution in [-0.2, 0) is 4.74 Å². The van der Waals surface area contributed by atoms with Crippen LogP contribution in [0.4, 0.5) is 0 Å². The Bertz CT molecular complexity index is 622. The van der Waals surface area contributed by atoms with Gasteiger partial charge in [0.1, 0.15) is 11.9 Å². The summed E-state index contributed by atoms with van der Waals surface area (Å²) < 4.78 is 11.1. The van der Waals surface area contributed by atoms with Crippen molar-refractivity contribution < 1.29 is 14.3 Å². The van der Waals surface area contributed by atoms with Crippen LogP contribution in [0.3, 0.4) is 0 Å². The van der Waals surface area contributed by atoms with Gasteiger partial charge in [0.25, 0.3) is 5.91 Å². The smallest absolute Gasteiger partial charge is 0.251 e. The van der Waals surface area contributed by atoms with E-state index in [-0.39, 0.29) is 36.8 Å². The zero-order chi connectivity index (χ0) is 19.1. The Hall–Kier alpha value is -0.760. The highest BCUT2D eigenvalue weighted by Gasteiger charge is 2.27. The number of amides is 1. The molecule has 1 aromatic carbocycles. The van der Waals surface area contributed by atoms with Crippen LogP contribution in [0.5, 0.6) is 5.75 Å². The fourth-order valence-corrected chi connectivity index (χ4v) is 4.04. The van der Waals surface area contributed by atoms with E-state index in [1.807, 2.05) is 0 Å². The predicted molar refractivity (Wildman–Crippen MR) is 121 cm³/mol. The van der Waals surface area contributed by atoms with Gasteiger partial charge >= 0.3 is 0 Å². The molecular formula is C20H32Cl3N3O3. The molecule has 6 nitrogen and oxygen atoms in total. The molecule has 166 valence electrons. The molecule has 0 saturated carbocycles. The molecule has 3 rings (SSSR count). The zero-order valence-corrected chi connectivity index (χ0v) is 19.2. The number of piperidine rings is 2. The number of carbonyl (C=O) groups is 1. The van der Waals surface area contributed by atoms with Gasteiger partial charge < -0.3 is 25.0 Å².